The Labute approximate surface area is 86.5 Å². The normalized spacial score (nSPS) is 10.5. The van der Waals surface area contributed by atoms with Crippen LogP contribution in [0.5, 0.6) is 0 Å². The van der Waals surface area contributed by atoms with Gasteiger partial charge in [-0.25, -0.2) is 4.39 Å². The zero-order valence-electron chi connectivity index (χ0n) is 7.82. The number of nitrogens with one attached hydrogen (secondary N) is 1. The van der Waals surface area contributed by atoms with Crippen molar-refractivity contribution in [2.24, 2.45) is 0 Å². The number of benzene rings is 1. The summed E-state index contributed by atoms with van der Waals surface area (Å²) >= 11 is 3.26. The average Bonchev–Trinajstić information content (AvgIpc) is 2.12. The van der Waals surface area contributed by atoms with E-state index in [1.807, 2.05) is 20.0 Å². The molecule has 1 nitrogen and oxygen atoms in total. The highest BCUT2D eigenvalue weighted by Gasteiger charge is 2.07. The van der Waals surface area contributed by atoms with Crippen molar-refractivity contribution >= 4 is 15.9 Å². The monoisotopic (exact) mass is 245 g/mol. The lowest BCUT2D eigenvalue weighted by Crippen LogP contribution is -2.11. The van der Waals surface area contributed by atoms with Gasteiger partial charge in [0.05, 0.1) is 4.47 Å². The van der Waals surface area contributed by atoms with Gasteiger partial charge >= 0.3 is 0 Å². The molecule has 13 heavy (non-hydrogen) atoms. The number of halogens is 2. The van der Waals surface area contributed by atoms with Gasteiger partial charge in [0.25, 0.3) is 0 Å². The zero-order valence-corrected chi connectivity index (χ0v) is 9.41. The first-order valence-electron chi connectivity index (χ1n) is 4.25. The van der Waals surface area contributed by atoms with Crippen molar-refractivity contribution in [2.75, 3.05) is 13.6 Å². The lowest BCUT2D eigenvalue weighted by molar-refractivity contribution is 0.616. The van der Waals surface area contributed by atoms with Crippen LogP contribution in [0.1, 0.15) is 11.1 Å². The van der Waals surface area contributed by atoms with Gasteiger partial charge in [-0.1, -0.05) is 6.07 Å². The highest BCUT2D eigenvalue weighted by atomic mass is 79.9. The van der Waals surface area contributed by atoms with E-state index in [9.17, 15) is 4.39 Å². The zero-order chi connectivity index (χ0) is 9.84. The number of likely N-dealkylation sites (N-methyl/N-ethyl adjacent to an activating group) is 1. The minimum atomic E-state index is -0.184. The fourth-order valence-corrected chi connectivity index (χ4v) is 1.89. The minimum absolute atomic E-state index is 0.184. The molecule has 0 aliphatic rings. The Morgan fingerprint density at radius 3 is 2.77 bits per heavy atom. The van der Waals surface area contributed by atoms with Crippen LogP contribution in [-0.4, -0.2) is 13.6 Å². The Bertz CT molecular complexity index is 299. The van der Waals surface area contributed by atoms with Crippen molar-refractivity contribution in [2.45, 2.75) is 13.3 Å². The minimum Gasteiger partial charge on any atom is -0.319 e. The summed E-state index contributed by atoms with van der Waals surface area (Å²) in [5.41, 5.74) is 2.18. The molecular formula is C10H13BrFN. The van der Waals surface area contributed by atoms with Crippen LogP contribution in [-0.2, 0) is 6.42 Å². The first kappa shape index (κ1) is 10.7. The van der Waals surface area contributed by atoms with Gasteiger partial charge in [-0.15, -0.1) is 0 Å². The van der Waals surface area contributed by atoms with Crippen LogP contribution in [0.4, 0.5) is 4.39 Å². The largest absolute Gasteiger partial charge is 0.319 e. The molecule has 0 aliphatic heterocycles. The van der Waals surface area contributed by atoms with Gasteiger partial charge in [0.1, 0.15) is 5.82 Å². The Hall–Kier alpha value is -0.410. The predicted octanol–water partition coefficient (Wildman–Crippen LogP) is 2.66. The van der Waals surface area contributed by atoms with Crippen molar-refractivity contribution in [1.82, 2.24) is 5.32 Å². The number of hydrogen-bond acceptors (Lipinski definition) is 1. The predicted molar refractivity (Wildman–Crippen MR) is 56.5 cm³/mol. The molecule has 0 fully saturated rings. The lowest BCUT2D eigenvalue weighted by Gasteiger charge is -2.08. The summed E-state index contributed by atoms with van der Waals surface area (Å²) in [6.07, 6.45) is 0.848. The smallest absolute Gasteiger partial charge is 0.137 e. The number of hydrogen-bond donors (Lipinski definition) is 1. The summed E-state index contributed by atoms with van der Waals surface area (Å²) in [4.78, 5) is 0. The SMILES string of the molecule is CNCCc1c(C)ccc(F)c1Br. The van der Waals surface area contributed by atoms with Crippen molar-refractivity contribution in [3.8, 4) is 0 Å². The molecule has 0 aromatic heterocycles. The maximum Gasteiger partial charge on any atom is 0.137 e. The summed E-state index contributed by atoms with van der Waals surface area (Å²) in [5, 5.41) is 3.05. The molecule has 0 saturated carbocycles. The van der Waals surface area contributed by atoms with Crippen molar-refractivity contribution in [1.29, 1.82) is 0 Å². The molecule has 1 aromatic rings. The van der Waals surface area contributed by atoms with E-state index in [1.165, 1.54) is 6.07 Å². The summed E-state index contributed by atoms with van der Waals surface area (Å²) in [6.45, 7) is 2.86. The van der Waals surface area contributed by atoms with Crippen LogP contribution >= 0.6 is 15.9 Å². The molecule has 1 rings (SSSR count). The lowest BCUT2D eigenvalue weighted by atomic mass is 10.1. The fourth-order valence-electron chi connectivity index (χ4n) is 1.25. The highest BCUT2D eigenvalue weighted by molar-refractivity contribution is 9.10. The Kier molecular flexibility index (Phi) is 3.88. The Morgan fingerprint density at radius 2 is 2.15 bits per heavy atom. The topological polar surface area (TPSA) is 12.0 Å². The van der Waals surface area contributed by atoms with Gasteiger partial charge in [-0.05, 0) is 60.1 Å². The molecule has 0 amide bonds. The van der Waals surface area contributed by atoms with E-state index in [0.29, 0.717) is 4.47 Å². The second kappa shape index (κ2) is 4.72. The summed E-state index contributed by atoms with van der Waals surface area (Å²) in [7, 11) is 1.89. The third-order valence-electron chi connectivity index (χ3n) is 2.06. The van der Waals surface area contributed by atoms with Crippen molar-refractivity contribution in [3.05, 3.63) is 33.5 Å². The van der Waals surface area contributed by atoms with Gasteiger partial charge in [0.2, 0.25) is 0 Å². The number of aryl methyl sites for hydroxylation is 1. The van der Waals surface area contributed by atoms with Gasteiger partial charge in [0.15, 0.2) is 0 Å². The summed E-state index contributed by atoms with van der Waals surface area (Å²) in [5.74, 6) is -0.184. The molecule has 0 bridgehead atoms. The fraction of sp³-hybridized carbons (Fsp3) is 0.400. The first-order valence-corrected chi connectivity index (χ1v) is 5.04. The maximum absolute atomic E-state index is 13.1. The second-order valence-electron chi connectivity index (χ2n) is 3.01. The molecule has 0 unspecified atom stereocenters. The standard InChI is InChI=1S/C10H13BrFN/c1-7-3-4-9(12)10(11)8(7)5-6-13-2/h3-4,13H,5-6H2,1-2H3. The molecule has 0 atom stereocenters. The maximum atomic E-state index is 13.1. The van der Waals surface area contributed by atoms with Gasteiger partial charge in [-0.2, -0.15) is 0 Å². The van der Waals surface area contributed by atoms with E-state index in [0.717, 1.165) is 24.1 Å². The van der Waals surface area contributed by atoms with Crippen LogP contribution in [0.3, 0.4) is 0 Å². The van der Waals surface area contributed by atoms with E-state index < -0.39 is 0 Å². The van der Waals surface area contributed by atoms with Crippen LogP contribution in [0, 0.1) is 12.7 Å². The van der Waals surface area contributed by atoms with E-state index in [4.69, 9.17) is 0 Å². The Balaban J connectivity index is 2.96. The molecule has 72 valence electrons. The van der Waals surface area contributed by atoms with Gasteiger partial charge in [-0.3, -0.25) is 0 Å². The molecule has 1 N–H and O–H groups in total. The quantitative estimate of drug-likeness (QED) is 0.864. The summed E-state index contributed by atoms with van der Waals surface area (Å²) in [6, 6.07) is 3.30. The third-order valence-corrected chi connectivity index (χ3v) is 2.91. The average molecular weight is 246 g/mol. The molecule has 0 radical (unpaired) electrons. The van der Waals surface area contributed by atoms with Crippen LogP contribution in [0.2, 0.25) is 0 Å². The highest BCUT2D eigenvalue weighted by Crippen LogP contribution is 2.23. The Morgan fingerprint density at radius 1 is 1.46 bits per heavy atom. The van der Waals surface area contributed by atoms with Crippen molar-refractivity contribution in [3.63, 3.8) is 0 Å². The van der Waals surface area contributed by atoms with E-state index >= 15 is 0 Å². The third kappa shape index (κ3) is 2.51. The molecule has 1 aromatic carbocycles. The van der Waals surface area contributed by atoms with E-state index in [2.05, 4.69) is 21.2 Å². The summed E-state index contributed by atoms with van der Waals surface area (Å²) < 4.78 is 13.7. The van der Waals surface area contributed by atoms with Gasteiger partial charge < -0.3 is 5.32 Å². The molecule has 0 spiro atoms. The van der Waals surface area contributed by atoms with Crippen LogP contribution < -0.4 is 5.32 Å². The van der Waals surface area contributed by atoms with E-state index in [1.54, 1.807) is 0 Å². The first-order chi connectivity index (χ1) is 6.16. The second-order valence-corrected chi connectivity index (χ2v) is 3.80. The molecule has 3 heteroatoms. The molecule has 0 saturated heterocycles. The van der Waals surface area contributed by atoms with E-state index in [-0.39, 0.29) is 5.82 Å². The molecular weight excluding hydrogens is 233 g/mol. The molecule has 0 aliphatic carbocycles. The van der Waals surface area contributed by atoms with Crippen LogP contribution in [0.25, 0.3) is 0 Å². The van der Waals surface area contributed by atoms with Gasteiger partial charge in [0, 0.05) is 0 Å². The molecule has 0 heterocycles. The number of rotatable bonds is 3. The van der Waals surface area contributed by atoms with Crippen molar-refractivity contribution < 1.29 is 4.39 Å². The van der Waals surface area contributed by atoms with Crippen LogP contribution in [0.15, 0.2) is 16.6 Å².